The molecule has 0 aliphatic carbocycles. The smallest absolute Gasteiger partial charge is 0.315 e. The van der Waals surface area contributed by atoms with Crippen molar-refractivity contribution in [1.29, 1.82) is 0 Å². The number of nitrogens with one attached hydrogen (secondary N) is 1. The van der Waals surface area contributed by atoms with Gasteiger partial charge in [-0.2, -0.15) is 0 Å². The molecule has 1 N–H and O–H groups in total. The molecule has 5 heteroatoms. The van der Waals surface area contributed by atoms with Crippen LogP contribution in [0.25, 0.3) is 0 Å². The van der Waals surface area contributed by atoms with E-state index < -0.39 is 0 Å². The predicted molar refractivity (Wildman–Crippen MR) is 55.2 cm³/mol. The molecule has 1 heterocycles. The highest BCUT2D eigenvalue weighted by Crippen LogP contribution is 2.06. The number of urea groups is 1. The lowest BCUT2D eigenvalue weighted by Gasteiger charge is -2.12. The van der Waals surface area contributed by atoms with Gasteiger partial charge in [0.05, 0.1) is 0 Å². The van der Waals surface area contributed by atoms with Crippen LogP contribution in [0.15, 0.2) is 24.3 Å². The Morgan fingerprint density at radius 1 is 1.25 bits per heavy atom. The van der Waals surface area contributed by atoms with E-state index in [9.17, 15) is 14.0 Å². The average Bonchev–Trinajstić information content (AvgIpc) is 2.57. The molecule has 0 atom stereocenters. The van der Waals surface area contributed by atoms with Crippen LogP contribution in [-0.2, 0) is 11.2 Å². The molecule has 0 saturated carbocycles. The van der Waals surface area contributed by atoms with E-state index in [2.05, 4.69) is 5.32 Å². The lowest BCUT2D eigenvalue weighted by molar-refractivity contribution is -0.118. The third-order valence-corrected chi connectivity index (χ3v) is 2.45. The van der Waals surface area contributed by atoms with E-state index in [0.717, 1.165) is 5.56 Å². The van der Waals surface area contributed by atoms with Crippen LogP contribution >= 0.6 is 0 Å². The van der Waals surface area contributed by atoms with Crippen LogP contribution in [0.1, 0.15) is 5.56 Å². The second-order valence-corrected chi connectivity index (χ2v) is 3.65. The van der Waals surface area contributed by atoms with Gasteiger partial charge in [0.2, 0.25) is 5.91 Å². The number of rotatable bonds is 3. The van der Waals surface area contributed by atoms with E-state index in [4.69, 9.17) is 0 Å². The molecule has 1 saturated heterocycles. The summed E-state index contributed by atoms with van der Waals surface area (Å²) in [6.45, 7) is 0.573. The molecule has 1 aliphatic rings. The highest BCUT2D eigenvalue weighted by molar-refractivity contribution is 6.01. The molecule has 0 spiro atoms. The highest BCUT2D eigenvalue weighted by atomic mass is 19.1. The molecule has 16 heavy (non-hydrogen) atoms. The van der Waals surface area contributed by atoms with Crippen molar-refractivity contribution in [1.82, 2.24) is 10.2 Å². The Morgan fingerprint density at radius 3 is 2.50 bits per heavy atom. The van der Waals surface area contributed by atoms with Crippen molar-refractivity contribution >= 4 is 11.9 Å². The Labute approximate surface area is 92.0 Å². The molecular formula is C11H11FN2O2. The van der Waals surface area contributed by atoms with E-state index in [1.54, 1.807) is 12.1 Å². The van der Waals surface area contributed by atoms with Crippen molar-refractivity contribution in [3.63, 3.8) is 0 Å². The molecule has 0 unspecified atom stereocenters. The van der Waals surface area contributed by atoms with Crippen LogP contribution in [0, 0.1) is 5.82 Å². The lowest BCUT2D eigenvalue weighted by Crippen LogP contribution is -2.30. The molecule has 0 radical (unpaired) electrons. The number of amides is 3. The fourth-order valence-corrected chi connectivity index (χ4v) is 1.58. The largest absolute Gasteiger partial charge is 0.324 e. The molecule has 0 bridgehead atoms. The number of carbonyl (C=O) groups is 2. The van der Waals surface area contributed by atoms with Gasteiger partial charge in [-0.15, -0.1) is 0 Å². The van der Waals surface area contributed by atoms with Crippen LogP contribution in [0.2, 0.25) is 0 Å². The van der Waals surface area contributed by atoms with E-state index in [1.165, 1.54) is 17.0 Å². The summed E-state index contributed by atoms with van der Waals surface area (Å²) in [7, 11) is 0. The van der Waals surface area contributed by atoms with Gasteiger partial charge in [-0.3, -0.25) is 10.1 Å². The predicted octanol–water partition coefficient (Wildman–Crippen LogP) is 0.920. The van der Waals surface area contributed by atoms with Gasteiger partial charge < -0.3 is 4.90 Å². The number of halogens is 1. The third-order valence-electron chi connectivity index (χ3n) is 2.45. The molecule has 1 fully saturated rings. The Kier molecular flexibility index (Phi) is 2.85. The molecule has 2 rings (SSSR count). The molecule has 0 aromatic heterocycles. The second kappa shape index (κ2) is 4.30. The van der Waals surface area contributed by atoms with Gasteiger partial charge in [-0.25, -0.2) is 9.18 Å². The number of carbonyl (C=O) groups excluding carboxylic acids is 2. The molecule has 4 nitrogen and oxygen atoms in total. The summed E-state index contributed by atoms with van der Waals surface area (Å²) in [4.78, 5) is 23.5. The summed E-state index contributed by atoms with van der Waals surface area (Å²) in [5.41, 5.74) is 0.938. The monoisotopic (exact) mass is 222 g/mol. The number of imide groups is 1. The van der Waals surface area contributed by atoms with E-state index in [0.29, 0.717) is 13.0 Å². The van der Waals surface area contributed by atoms with E-state index in [-0.39, 0.29) is 24.3 Å². The average molecular weight is 222 g/mol. The standard InChI is InChI=1S/C11H11FN2O2/c12-9-3-1-8(2-4-9)5-6-14-7-10(15)13-11(14)16/h1-4H,5-7H2,(H,13,15,16). The SMILES string of the molecule is O=C1CN(CCc2ccc(F)cc2)C(=O)N1. The highest BCUT2D eigenvalue weighted by Gasteiger charge is 2.25. The quantitative estimate of drug-likeness (QED) is 0.773. The lowest BCUT2D eigenvalue weighted by atomic mass is 10.1. The maximum absolute atomic E-state index is 12.6. The Balaban J connectivity index is 1.90. The van der Waals surface area contributed by atoms with E-state index >= 15 is 0 Å². The Morgan fingerprint density at radius 2 is 1.94 bits per heavy atom. The van der Waals surface area contributed by atoms with Crippen LogP contribution in [0.3, 0.4) is 0 Å². The maximum atomic E-state index is 12.6. The molecule has 1 aromatic rings. The fraction of sp³-hybridized carbons (Fsp3) is 0.273. The van der Waals surface area contributed by atoms with Crippen molar-refractivity contribution in [2.45, 2.75) is 6.42 Å². The van der Waals surface area contributed by atoms with Crippen molar-refractivity contribution in [3.8, 4) is 0 Å². The van der Waals surface area contributed by atoms with Gasteiger partial charge in [0.1, 0.15) is 12.4 Å². The molecule has 1 aliphatic heterocycles. The molecule has 1 aromatic carbocycles. The summed E-state index contributed by atoms with van der Waals surface area (Å²) in [6, 6.07) is 5.75. The van der Waals surface area contributed by atoms with Gasteiger partial charge in [0, 0.05) is 6.54 Å². The van der Waals surface area contributed by atoms with Crippen LogP contribution in [-0.4, -0.2) is 29.9 Å². The minimum Gasteiger partial charge on any atom is -0.315 e. The normalized spacial score (nSPS) is 15.4. The fourth-order valence-electron chi connectivity index (χ4n) is 1.58. The van der Waals surface area contributed by atoms with Crippen molar-refractivity contribution < 1.29 is 14.0 Å². The Bertz CT molecular complexity index is 416. The minimum atomic E-state index is -0.355. The number of hydrogen-bond acceptors (Lipinski definition) is 2. The summed E-state index contributed by atoms with van der Waals surface area (Å²) in [6.07, 6.45) is 0.612. The first-order valence-electron chi connectivity index (χ1n) is 4.98. The minimum absolute atomic E-state index is 0.111. The second-order valence-electron chi connectivity index (χ2n) is 3.65. The summed E-state index contributed by atoms with van der Waals surface area (Å²) < 4.78 is 12.6. The van der Waals surface area contributed by atoms with Gasteiger partial charge in [0.25, 0.3) is 0 Å². The van der Waals surface area contributed by atoms with Crippen molar-refractivity contribution in [2.75, 3.05) is 13.1 Å². The Hall–Kier alpha value is -1.91. The first kappa shape index (κ1) is 10.6. The first-order valence-corrected chi connectivity index (χ1v) is 4.98. The number of nitrogens with zero attached hydrogens (tertiary/aromatic N) is 1. The first-order chi connectivity index (χ1) is 7.65. The van der Waals surface area contributed by atoms with E-state index in [1.807, 2.05) is 0 Å². The molecule has 3 amide bonds. The maximum Gasteiger partial charge on any atom is 0.324 e. The van der Waals surface area contributed by atoms with Gasteiger partial charge >= 0.3 is 6.03 Å². The zero-order chi connectivity index (χ0) is 11.5. The van der Waals surface area contributed by atoms with Crippen LogP contribution in [0.5, 0.6) is 0 Å². The molecular weight excluding hydrogens is 211 g/mol. The third kappa shape index (κ3) is 2.36. The van der Waals surface area contributed by atoms with Crippen LogP contribution < -0.4 is 5.32 Å². The van der Waals surface area contributed by atoms with Gasteiger partial charge in [0.15, 0.2) is 0 Å². The summed E-state index contributed by atoms with van der Waals surface area (Å²) in [5.74, 6) is -0.554. The van der Waals surface area contributed by atoms with Crippen molar-refractivity contribution in [2.24, 2.45) is 0 Å². The topological polar surface area (TPSA) is 49.4 Å². The number of hydrogen-bond donors (Lipinski definition) is 1. The zero-order valence-electron chi connectivity index (χ0n) is 8.57. The van der Waals surface area contributed by atoms with Crippen molar-refractivity contribution in [3.05, 3.63) is 35.6 Å². The van der Waals surface area contributed by atoms with Gasteiger partial charge in [-0.1, -0.05) is 12.1 Å². The zero-order valence-corrected chi connectivity index (χ0v) is 8.57. The number of benzene rings is 1. The summed E-state index contributed by atoms with van der Waals surface area (Å²) in [5, 5.41) is 2.20. The molecule has 84 valence electrons. The van der Waals surface area contributed by atoms with Gasteiger partial charge in [-0.05, 0) is 24.1 Å². The van der Waals surface area contributed by atoms with Crippen LogP contribution in [0.4, 0.5) is 9.18 Å². The summed E-state index contributed by atoms with van der Waals surface area (Å²) >= 11 is 0.